The molecule has 0 unspecified atom stereocenters. The Morgan fingerprint density at radius 2 is 1.11 bits per heavy atom. The van der Waals surface area contributed by atoms with E-state index in [0.29, 0.717) is 0 Å². The van der Waals surface area contributed by atoms with E-state index in [1.165, 1.54) is 11.0 Å². The summed E-state index contributed by atoms with van der Waals surface area (Å²) in [7, 11) is 0. The molecular weight excluding hydrogens is 434 g/mol. The van der Waals surface area contributed by atoms with Gasteiger partial charge in [0, 0.05) is 40.8 Å². The summed E-state index contributed by atoms with van der Waals surface area (Å²) >= 11 is 0. The van der Waals surface area contributed by atoms with Crippen molar-refractivity contribution in [3.63, 3.8) is 0 Å². The van der Waals surface area contributed by atoms with Crippen LogP contribution >= 0.6 is 0 Å². The standard InChI is InChI=1S/C30H27N3O2/c1-2-3-16-33-29-14-8-23(31-19-21-4-10-25(34)11-5-21)17-27(29)28-18-24(9-15-30(28)33)32-20-22-6-12-26(35)13-7-22/h4-15,17-20,34-35H,2-3,16H2,1H3. The monoisotopic (exact) mass is 461 g/mol. The number of benzene rings is 4. The van der Waals surface area contributed by atoms with Gasteiger partial charge < -0.3 is 14.8 Å². The molecule has 4 aromatic carbocycles. The maximum atomic E-state index is 9.49. The van der Waals surface area contributed by atoms with Gasteiger partial charge >= 0.3 is 0 Å². The molecule has 0 aliphatic heterocycles. The van der Waals surface area contributed by atoms with Crippen LogP contribution in [0.5, 0.6) is 11.5 Å². The number of fused-ring (bicyclic) bond motifs is 3. The second-order valence-electron chi connectivity index (χ2n) is 8.61. The molecule has 1 heterocycles. The molecule has 5 nitrogen and oxygen atoms in total. The molecule has 0 atom stereocenters. The van der Waals surface area contributed by atoms with Gasteiger partial charge in [0.2, 0.25) is 0 Å². The molecule has 0 spiro atoms. The number of unbranched alkanes of at least 4 members (excludes halogenated alkanes) is 1. The maximum absolute atomic E-state index is 9.49. The molecule has 0 bridgehead atoms. The van der Waals surface area contributed by atoms with Crippen molar-refractivity contribution in [2.24, 2.45) is 9.98 Å². The second kappa shape index (κ2) is 9.85. The van der Waals surface area contributed by atoms with Crippen molar-refractivity contribution in [2.45, 2.75) is 26.3 Å². The first-order valence-corrected chi connectivity index (χ1v) is 11.8. The van der Waals surface area contributed by atoms with E-state index >= 15 is 0 Å². The van der Waals surface area contributed by atoms with E-state index < -0.39 is 0 Å². The Labute approximate surface area is 204 Å². The predicted octanol–water partition coefficient (Wildman–Crippen LogP) is 7.51. The minimum atomic E-state index is 0.243. The molecular formula is C30H27N3O2. The third-order valence-electron chi connectivity index (χ3n) is 6.08. The zero-order valence-corrected chi connectivity index (χ0v) is 19.6. The number of aromatic nitrogens is 1. The average Bonchev–Trinajstić information content (AvgIpc) is 3.19. The number of aliphatic imine (C=N–C) groups is 2. The largest absolute Gasteiger partial charge is 0.508 e. The molecule has 35 heavy (non-hydrogen) atoms. The maximum Gasteiger partial charge on any atom is 0.115 e. The molecule has 0 aliphatic rings. The van der Waals surface area contributed by atoms with Gasteiger partial charge in [0.1, 0.15) is 11.5 Å². The van der Waals surface area contributed by atoms with Crippen LogP contribution < -0.4 is 0 Å². The Kier molecular flexibility index (Phi) is 6.31. The number of aryl methyl sites for hydroxylation is 1. The fourth-order valence-electron chi connectivity index (χ4n) is 4.22. The van der Waals surface area contributed by atoms with Crippen LogP contribution in [0.25, 0.3) is 21.8 Å². The van der Waals surface area contributed by atoms with Crippen molar-refractivity contribution in [1.82, 2.24) is 4.57 Å². The smallest absolute Gasteiger partial charge is 0.115 e. The number of nitrogens with zero attached hydrogens (tertiary/aromatic N) is 3. The van der Waals surface area contributed by atoms with Crippen LogP contribution in [0.4, 0.5) is 11.4 Å². The van der Waals surface area contributed by atoms with Crippen molar-refractivity contribution >= 4 is 45.6 Å². The van der Waals surface area contributed by atoms with Crippen molar-refractivity contribution in [3.05, 3.63) is 96.1 Å². The van der Waals surface area contributed by atoms with Crippen LogP contribution in [0.3, 0.4) is 0 Å². The quantitative estimate of drug-likeness (QED) is 0.246. The number of rotatable bonds is 7. The lowest BCUT2D eigenvalue weighted by Gasteiger charge is -2.06. The summed E-state index contributed by atoms with van der Waals surface area (Å²) in [6.07, 6.45) is 5.86. The fourth-order valence-corrected chi connectivity index (χ4v) is 4.22. The highest BCUT2D eigenvalue weighted by Crippen LogP contribution is 2.34. The molecule has 5 aromatic rings. The summed E-state index contributed by atoms with van der Waals surface area (Å²) in [6.45, 7) is 3.17. The Morgan fingerprint density at radius 1 is 0.657 bits per heavy atom. The molecule has 174 valence electrons. The summed E-state index contributed by atoms with van der Waals surface area (Å²) in [6, 6.07) is 26.6. The van der Waals surface area contributed by atoms with Crippen molar-refractivity contribution in [1.29, 1.82) is 0 Å². The van der Waals surface area contributed by atoms with E-state index in [0.717, 1.165) is 52.7 Å². The van der Waals surface area contributed by atoms with Gasteiger partial charge in [-0.15, -0.1) is 0 Å². The van der Waals surface area contributed by atoms with Gasteiger partial charge in [-0.25, -0.2) is 0 Å². The van der Waals surface area contributed by atoms with E-state index in [9.17, 15) is 10.2 Å². The van der Waals surface area contributed by atoms with E-state index in [-0.39, 0.29) is 11.5 Å². The number of hydrogen-bond donors (Lipinski definition) is 2. The van der Waals surface area contributed by atoms with Crippen LogP contribution in [0.2, 0.25) is 0 Å². The lowest BCUT2D eigenvalue weighted by Crippen LogP contribution is -1.96. The van der Waals surface area contributed by atoms with Gasteiger partial charge in [-0.3, -0.25) is 9.98 Å². The molecule has 0 fully saturated rings. The highest BCUT2D eigenvalue weighted by molar-refractivity contribution is 6.10. The summed E-state index contributed by atoms with van der Waals surface area (Å²) in [5.41, 5.74) is 5.99. The van der Waals surface area contributed by atoms with Crippen molar-refractivity contribution in [2.75, 3.05) is 0 Å². The van der Waals surface area contributed by atoms with E-state index in [2.05, 4.69) is 45.7 Å². The number of phenolic OH excluding ortho intramolecular Hbond substituents is 2. The zero-order chi connectivity index (χ0) is 24.2. The molecule has 0 saturated carbocycles. The molecule has 0 radical (unpaired) electrons. The molecule has 2 N–H and O–H groups in total. The van der Waals surface area contributed by atoms with Crippen LogP contribution in [0.15, 0.2) is 94.9 Å². The van der Waals surface area contributed by atoms with Gasteiger partial charge in [0.25, 0.3) is 0 Å². The van der Waals surface area contributed by atoms with E-state index in [1.807, 2.05) is 48.8 Å². The highest BCUT2D eigenvalue weighted by atomic mass is 16.3. The summed E-state index contributed by atoms with van der Waals surface area (Å²) in [4.78, 5) is 9.35. The average molecular weight is 462 g/mol. The fraction of sp³-hybridized carbons (Fsp3) is 0.133. The third-order valence-corrected chi connectivity index (χ3v) is 6.08. The minimum absolute atomic E-state index is 0.243. The molecule has 0 saturated heterocycles. The first kappa shape index (κ1) is 22.4. The third kappa shape index (κ3) is 4.94. The van der Waals surface area contributed by atoms with Crippen LogP contribution in [0.1, 0.15) is 30.9 Å². The highest BCUT2D eigenvalue weighted by Gasteiger charge is 2.11. The number of hydrogen-bond acceptors (Lipinski definition) is 4. The van der Waals surface area contributed by atoms with Gasteiger partial charge in [-0.1, -0.05) is 13.3 Å². The molecule has 5 rings (SSSR count). The first-order valence-electron chi connectivity index (χ1n) is 11.8. The van der Waals surface area contributed by atoms with Crippen LogP contribution in [0, 0.1) is 0 Å². The Bertz CT molecular complexity index is 1420. The SMILES string of the molecule is CCCCn1c2ccc(N=Cc3ccc(O)cc3)cc2c2cc(N=Cc3ccc(O)cc3)ccc21. The van der Waals surface area contributed by atoms with E-state index in [4.69, 9.17) is 0 Å². The van der Waals surface area contributed by atoms with Crippen molar-refractivity contribution < 1.29 is 10.2 Å². The zero-order valence-electron chi connectivity index (χ0n) is 19.6. The Hall–Kier alpha value is -4.38. The van der Waals surface area contributed by atoms with Gasteiger partial charge in [0.15, 0.2) is 0 Å². The molecule has 0 amide bonds. The summed E-state index contributed by atoms with van der Waals surface area (Å²) in [5.74, 6) is 0.486. The van der Waals surface area contributed by atoms with Crippen LogP contribution in [-0.2, 0) is 6.54 Å². The molecule has 5 heteroatoms. The second-order valence-corrected chi connectivity index (χ2v) is 8.61. The number of phenols is 2. The lowest BCUT2D eigenvalue weighted by molar-refractivity contribution is 0.475. The molecule has 1 aromatic heterocycles. The predicted molar refractivity (Wildman–Crippen MR) is 145 cm³/mol. The molecule has 0 aliphatic carbocycles. The first-order chi connectivity index (χ1) is 17.1. The van der Waals surface area contributed by atoms with Gasteiger partial charge in [0.05, 0.1) is 11.4 Å². The summed E-state index contributed by atoms with van der Waals surface area (Å²) in [5, 5.41) is 21.3. The lowest BCUT2D eigenvalue weighted by atomic mass is 10.1. The Balaban J connectivity index is 1.55. The topological polar surface area (TPSA) is 70.1 Å². The van der Waals surface area contributed by atoms with E-state index in [1.54, 1.807) is 24.3 Å². The number of aromatic hydroxyl groups is 2. The Morgan fingerprint density at radius 3 is 1.54 bits per heavy atom. The van der Waals surface area contributed by atoms with Crippen molar-refractivity contribution in [3.8, 4) is 11.5 Å². The van der Waals surface area contributed by atoms with Gasteiger partial charge in [-0.05, 0) is 102 Å². The van der Waals surface area contributed by atoms with Crippen LogP contribution in [-0.4, -0.2) is 27.2 Å². The minimum Gasteiger partial charge on any atom is -0.508 e. The normalized spacial score (nSPS) is 11.9. The van der Waals surface area contributed by atoms with Gasteiger partial charge in [-0.2, -0.15) is 0 Å². The summed E-state index contributed by atoms with van der Waals surface area (Å²) < 4.78 is 2.38.